The number of carbonyl (C=O) groups excluding carboxylic acids is 1. The van der Waals surface area contributed by atoms with Crippen molar-refractivity contribution in [3.8, 4) is 0 Å². The SMILES string of the molecule is C=C(C)CC(=O)SCCCC(=O)O.C=C(C)CC1CCCC(C(=O)O)C1. The smallest absolute Gasteiger partial charge is 0.306 e. The number of allylic oxidation sites excluding steroid dienone is 2. The van der Waals surface area contributed by atoms with E-state index in [0.29, 0.717) is 24.5 Å². The first-order valence-electron chi connectivity index (χ1n) is 9.00. The summed E-state index contributed by atoms with van der Waals surface area (Å²) in [6.45, 7) is 11.3. The van der Waals surface area contributed by atoms with Crippen molar-refractivity contribution >= 4 is 28.8 Å². The molecule has 0 amide bonds. The monoisotopic (exact) mass is 384 g/mol. The van der Waals surface area contributed by atoms with E-state index in [1.807, 2.05) is 6.92 Å². The minimum absolute atomic E-state index is 0.0675. The summed E-state index contributed by atoms with van der Waals surface area (Å²) in [7, 11) is 0. The molecular weight excluding hydrogens is 352 g/mol. The van der Waals surface area contributed by atoms with Gasteiger partial charge in [-0.1, -0.05) is 42.3 Å². The van der Waals surface area contributed by atoms with Crippen LogP contribution in [0, 0.1) is 11.8 Å². The minimum atomic E-state index is -0.812. The highest BCUT2D eigenvalue weighted by atomic mass is 32.2. The molecule has 0 aromatic heterocycles. The molecule has 0 aromatic rings. The lowest BCUT2D eigenvalue weighted by Gasteiger charge is -2.26. The molecule has 1 rings (SSSR count). The quantitative estimate of drug-likeness (QED) is 0.433. The number of thioether (sulfide) groups is 1. The lowest BCUT2D eigenvalue weighted by molar-refractivity contribution is -0.143. The van der Waals surface area contributed by atoms with E-state index in [-0.39, 0.29) is 17.5 Å². The van der Waals surface area contributed by atoms with E-state index in [9.17, 15) is 14.4 Å². The predicted molar refractivity (Wildman–Crippen MR) is 106 cm³/mol. The summed E-state index contributed by atoms with van der Waals surface area (Å²) in [6.07, 6.45) is 6.02. The van der Waals surface area contributed by atoms with E-state index in [1.54, 1.807) is 6.92 Å². The highest BCUT2D eigenvalue weighted by molar-refractivity contribution is 8.13. The first-order valence-corrected chi connectivity index (χ1v) is 9.99. The number of carboxylic acids is 2. The molecule has 0 aromatic carbocycles. The largest absolute Gasteiger partial charge is 0.481 e. The Morgan fingerprint density at radius 1 is 1.08 bits per heavy atom. The first-order chi connectivity index (χ1) is 12.1. The van der Waals surface area contributed by atoms with E-state index in [1.165, 1.54) is 23.8 Å². The molecular formula is C20H32O5S. The normalized spacial score (nSPS) is 19.0. The second kappa shape index (κ2) is 13.6. The molecule has 2 unspecified atom stereocenters. The Hall–Kier alpha value is -1.56. The summed E-state index contributed by atoms with van der Waals surface area (Å²) >= 11 is 1.18. The van der Waals surface area contributed by atoms with Crippen LogP contribution in [0.25, 0.3) is 0 Å². The standard InChI is InChI=1S/C11H18O2.C9H14O3S/c1-8(2)6-9-4-3-5-10(7-9)11(12)13;1-7(2)6-9(12)13-5-3-4-8(10)11/h9-10H,1,3-7H2,2H3,(H,12,13);1,3-6H2,2H3,(H,10,11). The second-order valence-corrected chi connectivity index (χ2v) is 8.23. The molecule has 0 heterocycles. The maximum Gasteiger partial charge on any atom is 0.306 e. The predicted octanol–water partition coefficient (Wildman–Crippen LogP) is 4.92. The van der Waals surface area contributed by atoms with Crippen molar-refractivity contribution in [3.63, 3.8) is 0 Å². The molecule has 1 saturated carbocycles. The van der Waals surface area contributed by atoms with Crippen LogP contribution in [-0.2, 0) is 14.4 Å². The van der Waals surface area contributed by atoms with Crippen LogP contribution in [0.1, 0.15) is 65.2 Å². The van der Waals surface area contributed by atoms with Gasteiger partial charge in [-0.3, -0.25) is 14.4 Å². The van der Waals surface area contributed by atoms with Crippen molar-refractivity contribution in [1.82, 2.24) is 0 Å². The molecule has 0 bridgehead atoms. The van der Waals surface area contributed by atoms with Crippen LogP contribution in [0.4, 0.5) is 0 Å². The Morgan fingerprint density at radius 3 is 2.23 bits per heavy atom. The topological polar surface area (TPSA) is 91.7 Å². The third kappa shape index (κ3) is 13.7. The van der Waals surface area contributed by atoms with Crippen molar-refractivity contribution in [1.29, 1.82) is 0 Å². The highest BCUT2D eigenvalue weighted by Crippen LogP contribution is 2.32. The van der Waals surface area contributed by atoms with Crippen LogP contribution in [0.3, 0.4) is 0 Å². The average molecular weight is 385 g/mol. The van der Waals surface area contributed by atoms with Crippen LogP contribution in [0.5, 0.6) is 0 Å². The van der Waals surface area contributed by atoms with Gasteiger partial charge in [-0.15, -0.1) is 6.58 Å². The van der Waals surface area contributed by atoms with E-state index in [0.717, 1.165) is 31.3 Å². The molecule has 0 radical (unpaired) electrons. The Kier molecular flexibility index (Phi) is 12.8. The number of hydrogen-bond acceptors (Lipinski definition) is 4. The summed E-state index contributed by atoms with van der Waals surface area (Å²) in [5.74, 6) is -0.386. The van der Waals surface area contributed by atoms with Crippen molar-refractivity contribution in [2.45, 2.75) is 65.2 Å². The fraction of sp³-hybridized carbons (Fsp3) is 0.650. The zero-order valence-electron chi connectivity index (χ0n) is 16.0. The summed E-state index contributed by atoms with van der Waals surface area (Å²) < 4.78 is 0. The Morgan fingerprint density at radius 2 is 1.73 bits per heavy atom. The molecule has 26 heavy (non-hydrogen) atoms. The van der Waals surface area contributed by atoms with E-state index < -0.39 is 11.9 Å². The summed E-state index contributed by atoms with van der Waals surface area (Å²) in [6, 6.07) is 0. The molecule has 6 heteroatoms. The van der Waals surface area contributed by atoms with Crippen molar-refractivity contribution in [3.05, 3.63) is 24.3 Å². The van der Waals surface area contributed by atoms with Crippen molar-refractivity contribution in [2.24, 2.45) is 11.8 Å². The van der Waals surface area contributed by atoms with Gasteiger partial charge in [-0.05, 0) is 45.4 Å². The average Bonchev–Trinajstić information content (AvgIpc) is 2.51. The molecule has 2 atom stereocenters. The van der Waals surface area contributed by atoms with E-state index in [4.69, 9.17) is 10.2 Å². The van der Waals surface area contributed by atoms with Gasteiger partial charge in [0.2, 0.25) is 0 Å². The van der Waals surface area contributed by atoms with Crippen LogP contribution >= 0.6 is 11.8 Å². The van der Waals surface area contributed by atoms with E-state index in [2.05, 4.69) is 13.2 Å². The van der Waals surface area contributed by atoms with Crippen molar-refractivity contribution in [2.75, 3.05) is 5.75 Å². The van der Waals surface area contributed by atoms with Crippen LogP contribution in [0.15, 0.2) is 24.3 Å². The number of carbonyl (C=O) groups is 3. The van der Waals surface area contributed by atoms with Gasteiger partial charge in [-0.2, -0.15) is 0 Å². The fourth-order valence-electron chi connectivity index (χ4n) is 2.90. The maximum atomic E-state index is 11.1. The molecule has 5 nitrogen and oxygen atoms in total. The Bertz CT molecular complexity index is 512. The van der Waals surface area contributed by atoms with E-state index >= 15 is 0 Å². The van der Waals surface area contributed by atoms with Gasteiger partial charge < -0.3 is 10.2 Å². The molecule has 1 aliphatic carbocycles. The number of rotatable bonds is 9. The molecule has 2 N–H and O–H groups in total. The summed E-state index contributed by atoms with van der Waals surface area (Å²) in [5, 5.41) is 17.3. The third-order valence-electron chi connectivity index (χ3n) is 4.01. The minimum Gasteiger partial charge on any atom is -0.481 e. The molecule has 0 aliphatic heterocycles. The number of hydrogen-bond donors (Lipinski definition) is 2. The van der Waals surface area contributed by atoms with Crippen molar-refractivity contribution < 1.29 is 24.6 Å². The molecule has 0 saturated heterocycles. The number of aliphatic carboxylic acids is 2. The van der Waals surface area contributed by atoms with Crippen LogP contribution in [-0.4, -0.2) is 33.0 Å². The highest BCUT2D eigenvalue weighted by Gasteiger charge is 2.26. The third-order valence-corrected chi connectivity index (χ3v) is 4.97. The molecule has 0 spiro atoms. The van der Waals surface area contributed by atoms with Gasteiger partial charge in [0.1, 0.15) is 0 Å². The molecule has 148 valence electrons. The summed E-state index contributed by atoms with van der Waals surface area (Å²) in [5.41, 5.74) is 2.02. The Labute approximate surface area is 160 Å². The lowest BCUT2D eigenvalue weighted by Crippen LogP contribution is -2.22. The Balaban J connectivity index is 0.000000481. The van der Waals surface area contributed by atoms with Crippen LogP contribution in [0.2, 0.25) is 0 Å². The van der Waals surface area contributed by atoms with Gasteiger partial charge in [0.15, 0.2) is 5.12 Å². The molecule has 1 fully saturated rings. The van der Waals surface area contributed by atoms with Gasteiger partial charge in [0.05, 0.1) is 5.92 Å². The number of carboxylic acid groups (broad SMARTS) is 2. The summed E-state index contributed by atoms with van der Waals surface area (Å²) in [4.78, 5) is 31.9. The first kappa shape index (κ1) is 24.4. The van der Waals surface area contributed by atoms with Gasteiger partial charge in [0.25, 0.3) is 0 Å². The van der Waals surface area contributed by atoms with Gasteiger partial charge >= 0.3 is 11.9 Å². The van der Waals surface area contributed by atoms with Gasteiger partial charge in [-0.25, -0.2) is 0 Å². The zero-order chi connectivity index (χ0) is 20.1. The second-order valence-electron chi connectivity index (χ2n) is 7.08. The zero-order valence-corrected chi connectivity index (χ0v) is 16.8. The molecule has 1 aliphatic rings. The maximum absolute atomic E-state index is 11.1. The lowest BCUT2D eigenvalue weighted by atomic mass is 9.79. The van der Waals surface area contributed by atoms with Gasteiger partial charge in [0, 0.05) is 18.6 Å². The fourth-order valence-corrected chi connectivity index (χ4v) is 3.77. The van der Waals surface area contributed by atoms with Crippen LogP contribution < -0.4 is 0 Å².